The number of methoxy groups -OCH3 is 1. The van der Waals surface area contributed by atoms with E-state index in [0.717, 1.165) is 57.0 Å². The lowest BCUT2D eigenvalue weighted by Crippen LogP contribution is -2.64. The molecule has 0 aliphatic carbocycles. The van der Waals surface area contributed by atoms with Crippen LogP contribution in [0.1, 0.15) is 24.0 Å². The molecule has 4 rings (SSSR count). The van der Waals surface area contributed by atoms with E-state index in [4.69, 9.17) is 14.2 Å². The number of ether oxygens (including phenoxy) is 3. The normalized spacial score (nSPS) is 21.3. The Kier molecular flexibility index (Phi) is 5.72. The van der Waals surface area contributed by atoms with Gasteiger partial charge >= 0.3 is 0 Å². The van der Waals surface area contributed by atoms with Crippen LogP contribution >= 0.6 is 0 Å². The van der Waals surface area contributed by atoms with Crippen LogP contribution in [0.4, 0.5) is 0 Å². The fourth-order valence-corrected chi connectivity index (χ4v) is 4.29. The van der Waals surface area contributed by atoms with Crippen molar-refractivity contribution in [2.24, 2.45) is 5.92 Å². The zero-order valence-electron chi connectivity index (χ0n) is 16.0. The first-order chi connectivity index (χ1) is 13.3. The number of hydrogen-bond acceptors (Lipinski definition) is 5. The SMILES string of the molecule is COc1cccc(CN2CC3(C2)OCCC3CCOCc2cccnc2)c1. The van der Waals surface area contributed by atoms with Crippen molar-refractivity contribution in [1.82, 2.24) is 9.88 Å². The van der Waals surface area contributed by atoms with Gasteiger partial charge in [0.2, 0.25) is 0 Å². The van der Waals surface area contributed by atoms with Gasteiger partial charge in [0, 0.05) is 45.2 Å². The predicted molar refractivity (Wildman–Crippen MR) is 104 cm³/mol. The molecule has 144 valence electrons. The molecule has 5 heteroatoms. The number of pyridine rings is 1. The maximum atomic E-state index is 6.19. The van der Waals surface area contributed by atoms with E-state index in [2.05, 4.69) is 34.1 Å². The van der Waals surface area contributed by atoms with Crippen molar-refractivity contribution < 1.29 is 14.2 Å². The van der Waals surface area contributed by atoms with Crippen LogP contribution in [0.15, 0.2) is 48.8 Å². The third-order valence-corrected chi connectivity index (χ3v) is 5.72. The summed E-state index contributed by atoms with van der Waals surface area (Å²) >= 11 is 0. The molecule has 2 aliphatic heterocycles. The highest BCUT2D eigenvalue weighted by Crippen LogP contribution is 2.42. The lowest BCUT2D eigenvalue weighted by Gasteiger charge is -2.50. The van der Waals surface area contributed by atoms with E-state index in [1.807, 2.05) is 18.3 Å². The molecule has 1 unspecified atom stereocenters. The summed E-state index contributed by atoms with van der Waals surface area (Å²) in [5, 5.41) is 0. The molecular formula is C22H28N2O3. The zero-order valence-corrected chi connectivity index (χ0v) is 16.0. The summed E-state index contributed by atoms with van der Waals surface area (Å²) in [7, 11) is 1.71. The summed E-state index contributed by atoms with van der Waals surface area (Å²) in [5.41, 5.74) is 2.46. The van der Waals surface area contributed by atoms with Crippen molar-refractivity contribution in [2.45, 2.75) is 31.6 Å². The van der Waals surface area contributed by atoms with Gasteiger partial charge in [-0.05, 0) is 48.1 Å². The van der Waals surface area contributed by atoms with Gasteiger partial charge < -0.3 is 14.2 Å². The Morgan fingerprint density at radius 1 is 1.22 bits per heavy atom. The van der Waals surface area contributed by atoms with Crippen LogP contribution in [0.2, 0.25) is 0 Å². The molecule has 3 heterocycles. The molecule has 2 aliphatic rings. The molecule has 5 nitrogen and oxygen atoms in total. The monoisotopic (exact) mass is 368 g/mol. The van der Waals surface area contributed by atoms with E-state index < -0.39 is 0 Å². The smallest absolute Gasteiger partial charge is 0.119 e. The van der Waals surface area contributed by atoms with Crippen molar-refractivity contribution in [3.05, 3.63) is 59.9 Å². The highest BCUT2D eigenvalue weighted by molar-refractivity contribution is 5.28. The van der Waals surface area contributed by atoms with Crippen molar-refractivity contribution >= 4 is 0 Å². The molecule has 2 aromatic rings. The van der Waals surface area contributed by atoms with E-state index in [1.54, 1.807) is 13.3 Å². The summed E-state index contributed by atoms with van der Waals surface area (Å²) in [5.74, 6) is 1.51. The number of nitrogens with zero attached hydrogens (tertiary/aromatic N) is 2. The van der Waals surface area contributed by atoms with Crippen LogP contribution in [0.3, 0.4) is 0 Å². The summed E-state index contributed by atoms with van der Waals surface area (Å²) < 4.78 is 17.4. The lowest BCUT2D eigenvalue weighted by molar-refractivity contribution is -0.139. The topological polar surface area (TPSA) is 43.8 Å². The fourth-order valence-electron chi connectivity index (χ4n) is 4.29. The third-order valence-electron chi connectivity index (χ3n) is 5.72. The second-order valence-corrected chi connectivity index (χ2v) is 7.60. The van der Waals surface area contributed by atoms with Crippen LogP contribution in [0.25, 0.3) is 0 Å². The highest BCUT2D eigenvalue weighted by atomic mass is 16.5. The Labute approximate surface area is 161 Å². The molecule has 2 saturated heterocycles. The minimum absolute atomic E-state index is 0.0382. The zero-order chi connectivity index (χ0) is 18.5. The van der Waals surface area contributed by atoms with Gasteiger partial charge in [-0.3, -0.25) is 9.88 Å². The number of benzene rings is 1. The first kappa shape index (κ1) is 18.4. The van der Waals surface area contributed by atoms with Gasteiger partial charge in [0.1, 0.15) is 5.75 Å². The molecule has 1 aromatic carbocycles. The van der Waals surface area contributed by atoms with E-state index in [9.17, 15) is 0 Å². The summed E-state index contributed by atoms with van der Waals surface area (Å²) in [6, 6.07) is 12.3. The van der Waals surface area contributed by atoms with E-state index in [1.165, 1.54) is 5.56 Å². The van der Waals surface area contributed by atoms with E-state index in [0.29, 0.717) is 12.5 Å². The quantitative estimate of drug-likeness (QED) is 0.669. The number of aromatic nitrogens is 1. The van der Waals surface area contributed by atoms with Gasteiger partial charge in [-0.1, -0.05) is 18.2 Å². The minimum Gasteiger partial charge on any atom is -0.497 e. The summed E-state index contributed by atoms with van der Waals surface area (Å²) in [6.07, 6.45) is 5.86. The van der Waals surface area contributed by atoms with Gasteiger partial charge in [-0.2, -0.15) is 0 Å². The highest BCUT2D eigenvalue weighted by Gasteiger charge is 2.52. The van der Waals surface area contributed by atoms with Gasteiger partial charge in [0.05, 0.1) is 19.3 Å². The molecule has 1 spiro atoms. The average Bonchev–Trinajstić information content (AvgIpc) is 3.10. The number of rotatable bonds is 8. The van der Waals surface area contributed by atoms with Crippen LogP contribution in [0.5, 0.6) is 5.75 Å². The van der Waals surface area contributed by atoms with Crippen molar-refractivity contribution in [2.75, 3.05) is 33.4 Å². The number of hydrogen-bond donors (Lipinski definition) is 0. The maximum absolute atomic E-state index is 6.19. The largest absolute Gasteiger partial charge is 0.497 e. The van der Waals surface area contributed by atoms with Crippen molar-refractivity contribution in [1.29, 1.82) is 0 Å². The number of likely N-dealkylation sites (tertiary alicyclic amines) is 1. The Morgan fingerprint density at radius 3 is 2.93 bits per heavy atom. The first-order valence-electron chi connectivity index (χ1n) is 9.73. The maximum Gasteiger partial charge on any atom is 0.119 e. The average molecular weight is 368 g/mol. The Hall–Kier alpha value is -1.95. The predicted octanol–water partition coefficient (Wildman–Crippen LogP) is 3.29. The minimum atomic E-state index is 0.0382. The molecule has 0 saturated carbocycles. The molecule has 1 atom stereocenters. The molecular weight excluding hydrogens is 340 g/mol. The summed E-state index contributed by atoms with van der Waals surface area (Å²) in [6.45, 7) is 5.26. The third kappa shape index (κ3) is 4.32. The molecule has 0 N–H and O–H groups in total. The van der Waals surface area contributed by atoms with Crippen LogP contribution < -0.4 is 4.74 Å². The first-order valence-corrected chi connectivity index (χ1v) is 9.73. The Bertz CT molecular complexity index is 731. The Morgan fingerprint density at radius 2 is 2.11 bits per heavy atom. The second-order valence-electron chi connectivity index (χ2n) is 7.60. The Balaban J connectivity index is 1.23. The second kappa shape index (κ2) is 8.38. The molecule has 0 amide bonds. The van der Waals surface area contributed by atoms with Gasteiger partial charge in [-0.25, -0.2) is 0 Å². The van der Waals surface area contributed by atoms with Gasteiger partial charge in [0.25, 0.3) is 0 Å². The molecule has 27 heavy (non-hydrogen) atoms. The van der Waals surface area contributed by atoms with Crippen LogP contribution in [-0.2, 0) is 22.6 Å². The van der Waals surface area contributed by atoms with Crippen molar-refractivity contribution in [3.8, 4) is 5.75 Å². The van der Waals surface area contributed by atoms with Crippen molar-refractivity contribution in [3.63, 3.8) is 0 Å². The lowest BCUT2D eigenvalue weighted by atomic mass is 9.79. The fraction of sp³-hybridized carbons (Fsp3) is 0.500. The van der Waals surface area contributed by atoms with Gasteiger partial charge in [-0.15, -0.1) is 0 Å². The molecule has 0 bridgehead atoms. The molecule has 0 radical (unpaired) electrons. The van der Waals surface area contributed by atoms with Crippen LogP contribution in [-0.4, -0.2) is 48.9 Å². The van der Waals surface area contributed by atoms with E-state index in [-0.39, 0.29) is 5.60 Å². The summed E-state index contributed by atoms with van der Waals surface area (Å²) in [4.78, 5) is 6.59. The molecule has 1 aromatic heterocycles. The molecule has 2 fully saturated rings. The van der Waals surface area contributed by atoms with Crippen LogP contribution in [0, 0.1) is 5.92 Å². The standard InChI is InChI=1S/C22H28N2O3/c1-25-21-6-2-4-18(12-21)14-24-16-22(17-24)20(8-11-27-22)7-10-26-15-19-5-3-9-23-13-19/h2-6,9,12-13,20H,7-8,10-11,14-17H2,1H3. The van der Waals surface area contributed by atoms with Gasteiger partial charge in [0.15, 0.2) is 0 Å². The van der Waals surface area contributed by atoms with E-state index >= 15 is 0 Å².